The molecule has 0 aliphatic rings. The monoisotopic (exact) mass is 281 g/mol. The van der Waals surface area contributed by atoms with Crippen molar-refractivity contribution in [1.29, 1.82) is 5.26 Å². The quantitative estimate of drug-likeness (QED) is 0.850. The van der Waals surface area contributed by atoms with E-state index < -0.39 is 0 Å². The highest BCUT2D eigenvalue weighted by atomic mass is 79.9. The highest BCUT2D eigenvalue weighted by molar-refractivity contribution is 9.10. The van der Waals surface area contributed by atoms with Crippen LogP contribution in [0.2, 0.25) is 0 Å². The molecule has 0 atom stereocenters. The Morgan fingerprint density at radius 3 is 2.69 bits per heavy atom. The predicted octanol–water partition coefficient (Wildman–Crippen LogP) is 3.28. The van der Waals surface area contributed by atoms with Crippen molar-refractivity contribution >= 4 is 21.7 Å². The smallest absolute Gasteiger partial charge is 0.129 e. The van der Waals surface area contributed by atoms with Crippen molar-refractivity contribution in [2.24, 2.45) is 0 Å². The minimum atomic E-state index is 0.349. The van der Waals surface area contributed by atoms with Crippen molar-refractivity contribution in [2.75, 3.05) is 11.4 Å². The Hall–Kier alpha value is -1.08. The zero-order chi connectivity index (χ0) is 12.1. The standard InChI is InChI=1S/C12H16BrN3/c1-9(2)16(8-4-7-14)12-6-5-11(13)10(3)15-12/h5-6,9H,4,8H2,1-3H3. The third-order valence-electron chi connectivity index (χ3n) is 2.39. The summed E-state index contributed by atoms with van der Waals surface area (Å²) in [7, 11) is 0. The molecule has 1 aromatic rings. The van der Waals surface area contributed by atoms with E-state index in [4.69, 9.17) is 5.26 Å². The van der Waals surface area contributed by atoms with Gasteiger partial charge in [0.15, 0.2) is 0 Å². The lowest BCUT2D eigenvalue weighted by atomic mass is 10.2. The molecule has 0 aliphatic carbocycles. The molecule has 1 aromatic heterocycles. The average molecular weight is 282 g/mol. The van der Waals surface area contributed by atoms with Crippen LogP contribution in [0.5, 0.6) is 0 Å². The van der Waals surface area contributed by atoms with Gasteiger partial charge in [0, 0.05) is 17.1 Å². The van der Waals surface area contributed by atoms with Crippen LogP contribution in [0.1, 0.15) is 26.0 Å². The summed E-state index contributed by atoms with van der Waals surface area (Å²) in [6.45, 7) is 6.91. The first-order valence-electron chi connectivity index (χ1n) is 5.33. The Kier molecular flexibility index (Phi) is 4.75. The molecular weight excluding hydrogens is 266 g/mol. The number of pyridine rings is 1. The first kappa shape index (κ1) is 13.0. The fourth-order valence-electron chi connectivity index (χ4n) is 1.50. The Morgan fingerprint density at radius 2 is 2.19 bits per heavy atom. The van der Waals surface area contributed by atoms with E-state index in [0.29, 0.717) is 12.5 Å². The van der Waals surface area contributed by atoms with Gasteiger partial charge in [0.25, 0.3) is 0 Å². The van der Waals surface area contributed by atoms with E-state index in [9.17, 15) is 0 Å². The normalized spacial score (nSPS) is 10.2. The summed E-state index contributed by atoms with van der Waals surface area (Å²) in [4.78, 5) is 6.66. The molecule has 86 valence electrons. The average Bonchev–Trinajstić information content (AvgIpc) is 2.23. The van der Waals surface area contributed by atoms with Gasteiger partial charge in [-0.05, 0) is 48.8 Å². The van der Waals surface area contributed by atoms with E-state index in [1.165, 1.54) is 0 Å². The second kappa shape index (κ2) is 5.86. The fraction of sp³-hybridized carbons (Fsp3) is 0.500. The number of rotatable bonds is 4. The Balaban J connectivity index is 2.93. The lowest BCUT2D eigenvalue weighted by Crippen LogP contribution is -2.32. The molecule has 1 rings (SSSR count). The summed E-state index contributed by atoms with van der Waals surface area (Å²) in [5, 5.41) is 8.64. The first-order chi connectivity index (χ1) is 7.56. The number of nitriles is 1. The van der Waals surface area contributed by atoms with Crippen molar-refractivity contribution in [1.82, 2.24) is 4.98 Å². The summed E-state index contributed by atoms with van der Waals surface area (Å²) in [5.74, 6) is 0.936. The van der Waals surface area contributed by atoms with Crippen LogP contribution in [-0.4, -0.2) is 17.6 Å². The lowest BCUT2D eigenvalue weighted by Gasteiger charge is -2.27. The minimum absolute atomic E-state index is 0.349. The van der Waals surface area contributed by atoms with Gasteiger partial charge < -0.3 is 4.90 Å². The van der Waals surface area contributed by atoms with Crippen LogP contribution in [0, 0.1) is 18.3 Å². The predicted molar refractivity (Wildman–Crippen MR) is 69.4 cm³/mol. The third-order valence-corrected chi connectivity index (χ3v) is 3.23. The molecule has 1 heterocycles. The Bertz CT molecular complexity index is 396. The number of nitrogens with zero attached hydrogens (tertiary/aromatic N) is 3. The number of aromatic nitrogens is 1. The first-order valence-corrected chi connectivity index (χ1v) is 6.12. The lowest BCUT2D eigenvalue weighted by molar-refractivity contribution is 0.675. The maximum Gasteiger partial charge on any atom is 0.129 e. The van der Waals surface area contributed by atoms with Crippen molar-refractivity contribution in [3.05, 3.63) is 22.3 Å². The molecule has 0 aliphatic heterocycles. The van der Waals surface area contributed by atoms with Crippen LogP contribution >= 0.6 is 15.9 Å². The number of hydrogen-bond acceptors (Lipinski definition) is 3. The highest BCUT2D eigenvalue weighted by Crippen LogP contribution is 2.20. The van der Waals surface area contributed by atoms with Crippen LogP contribution in [0.25, 0.3) is 0 Å². The van der Waals surface area contributed by atoms with Gasteiger partial charge in [0.2, 0.25) is 0 Å². The van der Waals surface area contributed by atoms with E-state index in [1.807, 2.05) is 19.1 Å². The maximum absolute atomic E-state index is 8.64. The molecule has 0 unspecified atom stereocenters. The minimum Gasteiger partial charge on any atom is -0.353 e. The summed E-state index contributed by atoms with van der Waals surface area (Å²) in [6.07, 6.45) is 0.523. The van der Waals surface area contributed by atoms with E-state index in [-0.39, 0.29) is 0 Å². The van der Waals surface area contributed by atoms with Gasteiger partial charge in [0.05, 0.1) is 18.2 Å². The summed E-state index contributed by atoms with van der Waals surface area (Å²) < 4.78 is 1.01. The SMILES string of the molecule is Cc1nc(N(CCC#N)C(C)C)ccc1Br. The van der Waals surface area contributed by atoms with Gasteiger partial charge in [-0.15, -0.1) is 0 Å². The number of hydrogen-bond donors (Lipinski definition) is 0. The number of halogens is 1. The molecule has 0 N–H and O–H groups in total. The van der Waals surface area contributed by atoms with Crippen LogP contribution in [0.15, 0.2) is 16.6 Å². The van der Waals surface area contributed by atoms with Crippen LogP contribution in [0.3, 0.4) is 0 Å². The molecule has 3 nitrogen and oxygen atoms in total. The van der Waals surface area contributed by atoms with E-state index in [1.54, 1.807) is 0 Å². The summed E-state index contributed by atoms with van der Waals surface area (Å²) in [6, 6.07) is 6.50. The molecule has 0 amide bonds. The van der Waals surface area contributed by atoms with Crippen molar-refractivity contribution in [3.63, 3.8) is 0 Å². The second-order valence-corrected chi connectivity index (χ2v) is 4.79. The van der Waals surface area contributed by atoms with Crippen molar-refractivity contribution in [2.45, 2.75) is 33.2 Å². The molecule has 0 bridgehead atoms. The molecule has 0 spiro atoms. The van der Waals surface area contributed by atoms with Crippen molar-refractivity contribution in [3.8, 4) is 6.07 Å². The third kappa shape index (κ3) is 3.21. The fourth-order valence-corrected chi connectivity index (χ4v) is 1.72. The van der Waals surface area contributed by atoms with Crippen LogP contribution < -0.4 is 4.90 Å². The van der Waals surface area contributed by atoms with E-state index in [0.717, 1.165) is 22.5 Å². The van der Waals surface area contributed by atoms with E-state index >= 15 is 0 Å². The Labute approximate surface area is 105 Å². The maximum atomic E-state index is 8.64. The summed E-state index contributed by atoms with van der Waals surface area (Å²) in [5.41, 5.74) is 0.972. The summed E-state index contributed by atoms with van der Waals surface area (Å²) >= 11 is 3.43. The molecule has 0 aromatic carbocycles. The van der Waals surface area contributed by atoms with Crippen LogP contribution in [-0.2, 0) is 0 Å². The van der Waals surface area contributed by atoms with Gasteiger partial charge in [-0.3, -0.25) is 0 Å². The van der Waals surface area contributed by atoms with Gasteiger partial charge in [-0.25, -0.2) is 4.98 Å². The van der Waals surface area contributed by atoms with Crippen molar-refractivity contribution < 1.29 is 0 Å². The van der Waals surface area contributed by atoms with Gasteiger partial charge in [-0.1, -0.05) is 0 Å². The van der Waals surface area contributed by atoms with Gasteiger partial charge >= 0.3 is 0 Å². The zero-order valence-electron chi connectivity index (χ0n) is 9.87. The molecule has 0 fully saturated rings. The van der Waals surface area contributed by atoms with Crippen LogP contribution in [0.4, 0.5) is 5.82 Å². The molecule has 4 heteroatoms. The van der Waals surface area contributed by atoms with Gasteiger partial charge in [-0.2, -0.15) is 5.26 Å². The topological polar surface area (TPSA) is 39.9 Å². The van der Waals surface area contributed by atoms with Gasteiger partial charge in [0.1, 0.15) is 5.82 Å². The highest BCUT2D eigenvalue weighted by Gasteiger charge is 2.12. The zero-order valence-corrected chi connectivity index (χ0v) is 11.5. The molecule has 16 heavy (non-hydrogen) atoms. The largest absolute Gasteiger partial charge is 0.353 e. The van der Waals surface area contributed by atoms with E-state index in [2.05, 4.69) is 45.7 Å². The number of aryl methyl sites for hydroxylation is 1. The number of anilines is 1. The molecule has 0 saturated carbocycles. The Morgan fingerprint density at radius 1 is 1.50 bits per heavy atom. The molecule has 0 saturated heterocycles. The molecule has 0 radical (unpaired) electrons. The molecular formula is C12H16BrN3. The second-order valence-electron chi connectivity index (χ2n) is 3.93.